The van der Waals surface area contributed by atoms with Gasteiger partial charge in [0, 0.05) is 21.5 Å². The Morgan fingerprint density at radius 3 is 2.90 bits per heavy atom. The van der Waals surface area contributed by atoms with Gasteiger partial charge in [-0.3, -0.25) is 14.9 Å². The van der Waals surface area contributed by atoms with Crippen LogP contribution >= 0.6 is 9.47 Å². The summed E-state index contributed by atoms with van der Waals surface area (Å²) in [5, 5.41) is 2.40. The maximum absolute atomic E-state index is 11.8. The number of nitrogens with one attached hydrogen (secondary N) is 1. The van der Waals surface area contributed by atoms with Crippen LogP contribution in [0.3, 0.4) is 0 Å². The van der Waals surface area contributed by atoms with Crippen LogP contribution in [0.2, 0.25) is 0 Å². The summed E-state index contributed by atoms with van der Waals surface area (Å²) in [6.07, 6.45) is 3.40. The molecule has 6 heteroatoms. The van der Waals surface area contributed by atoms with Crippen molar-refractivity contribution in [2.45, 2.75) is 45.8 Å². The summed E-state index contributed by atoms with van der Waals surface area (Å²) in [5.41, 5.74) is 0.605. The first-order valence-electron chi connectivity index (χ1n) is 7.42. The van der Waals surface area contributed by atoms with Gasteiger partial charge in [-0.15, -0.1) is 0 Å². The minimum absolute atomic E-state index is 0.0318. The topological polar surface area (TPSA) is 64.6 Å². The van der Waals surface area contributed by atoms with Crippen LogP contribution in [-0.4, -0.2) is 30.6 Å². The second-order valence-corrected chi connectivity index (χ2v) is 6.55. The first-order chi connectivity index (χ1) is 9.92. The van der Waals surface area contributed by atoms with Crippen LogP contribution < -0.4 is 5.32 Å². The lowest BCUT2D eigenvalue weighted by atomic mass is 9.83. The normalized spacial score (nSPS) is 35.1. The second-order valence-electron chi connectivity index (χ2n) is 6.21. The zero-order chi connectivity index (χ0) is 15.6. The number of carbonyl (C=O) groups is 2. The van der Waals surface area contributed by atoms with Crippen LogP contribution in [-0.2, 0) is 18.8 Å². The Kier molecular flexibility index (Phi) is 5.53. The van der Waals surface area contributed by atoms with Crippen molar-refractivity contribution in [1.29, 1.82) is 0 Å². The molecule has 2 heterocycles. The van der Waals surface area contributed by atoms with E-state index in [1.54, 1.807) is 6.92 Å². The zero-order valence-corrected chi connectivity index (χ0v) is 14.0. The van der Waals surface area contributed by atoms with Gasteiger partial charge in [0.15, 0.2) is 0 Å². The molecule has 2 rings (SSSR count). The molecule has 0 saturated carbocycles. The standard InChI is InChI=1S/C15H24NO4P/c1-8-5-12(20-13(8)7-19-21)10(3)11-4-9(2)15(18)16-14(17)6-11/h4,8,10-13H,5-7,21H2,1-3H3,(H,16,17,18). The van der Waals surface area contributed by atoms with Gasteiger partial charge < -0.3 is 9.26 Å². The average molecular weight is 313 g/mol. The molecule has 0 spiro atoms. The van der Waals surface area contributed by atoms with Gasteiger partial charge >= 0.3 is 0 Å². The van der Waals surface area contributed by atoms with Crippen molar-refractivity contribution >= 4 is 21.3 Å². The molecule has 21 heavy (non-hydrogen) atoms. The SMILES string of the molecule is CC1=CC(C(C)C2CC(C)C(COP)O2)CC(=O)NC1=O. The number of hydrogen-bond acceptors (Lipinski definition) is 4. The van der Waals surface area contributed by atoms with Gasteiger partial charge in [0.1, 0.15) is 0 Å². The molecule has 6 unspecified atom stereocenters. The molecule has 0 bridgehead atoms. The summed E-state index contributed by atoms with van der Waals surface area (Å²) >= 11 is 0. The fourth-order valence-electron chi connectivity index (χ4n) is 3.13. The van der Waals surface area contributed by atoms with Crippen molar-refractivity contribution in [2.75, 3.05) is 6.61 Å². The smallest absolute Gasteiger partial charge is 0.253 e. The summed E-state index contributed by atoms with van der Waals surface area (Å²) in [6.45, 7) is 6.56. The number of carbonyl (C=O) groups excluding carboxylic acids is 2. The van der Waals surface area contributed by atoms with Crippen LogP contribution in [0.4, 0.5) is 0 Å². The van der Waals surface area contributed by atoms with Gasteiger partial charge in [0.25, 0.3) is 5.91 Å². The zero-order valence-electron chi connectivity index (χ0n) is 12.8. The maximum atomic E-state index is 11.8. The minimum Gasteiger partial charge on any atom is -0.372 e. The van der Waals surface area contributed by atoms with Gasteiger partial charge in [0.2, 0.25) is 5.91 Å². The minimum atomic E-state index is -0.287. The van der Waals surface area contributed by atoms with E-state index in [1.807, 2.05) is 6.08 Å². The maximum Gasteiger partial charge on any atom is 0.253 e. The Hall–Kier alpha value is -0.770. The Balaban J connectivity index is 2.07. The predicted molar refractivity (Wildman–Crippen MR) is 82.3 cm³/mol. The summed E-state index contributed by atoms with van der Waals surface area (Å²) in [5.74, 6) is 0.160. The molecule has 2 amide bonds. The van der Waals surface area contributed by atoms with Crippen molar-refractivity contribution in [2.24, 2.45) is 17.8 Å². The van der Waals surface area contributed by atoms with E-state index in [-0.39, 0.29) is 35.9 Å². The lowest BCUT2D eigenvalue weighted by molar-refractivity contribution is -0.128. The number of allylic oxidation sites excluding steroid dienone is 1. The van der Waals surface area contributed by atoms with Gasteiger partial charge in [0.05, 0.1) is 18.8 Å². The predicted octanol–water partition coefficient (Wildman–Crippen LogP) is 1.83. The Labute approximate surface area is 128 Å². The van der Waals surface area contributed by atoms with Crippen molar-refractivity contribution < 1.29 is 18.8 Å². The fourth-order valence-corrected chi connectivity index (χ4v) is 3.32. The van der Waals surface area contributed by atoms with E-state index in [1.165, 1.54) is 0 Å². The highest BCUT2D eigenvalue weighted by molar-refractivity contribution is 7.09. The molecule has 1 fully saturated rings. The van der Waals surface area contributed by atoms with E-state index in [4.69, 9.17) is 9.26 Å². The van der Waals surface area contributed by atoms with E-state index < -0.39 is 0 Å². The third-order valence-corrected chi connectivity index (χ3v) is 4.80. The number of ether oxygens (including phenoxy) is 1. The molecule has 0 radical (unpaired) electrons. The van der Waals surface area contributed by atoms with Crippen LogP contribution in [0.5, 0.6) is 0 Å². The van der Waals surface area contributed by atoms with Crippen molar-refractivity contribution in [3.8, 4) is 0 Å². The molecule has 1 saturated heterocycles. The van der Waals surface area contributed by atoms with Gasteiger partial charge in [-0.2, -0.15) is 0 Å². The highest BCUT2D eigenvalue weighted by Crippen LogP contribution is 2.36. The molecule has 0 aromatic rings. The number of amides is 2. The van der Waals surface area contributed by atoms with Crippen LogP contribution in [0.25, 0.3) is 0 Å². The van der Waals surface area contributed by atoms with Gasteiger partial charge in [-0.1, -0.05) is 19.9 Å². The fraction of sp³-hybridized carbons (Fsp3) is 0.733. The highest BCUT2D eigenvalue weighted by atomic mass is 31.0. The Morgan fingerprint density at radius 2 is 2.24 bits per heavy atom. The van der Waals surface area contributed by atoms with Crippen LogP contribution in [0.1, 0.15) is 33.6 Å². The lowest BCUT2D eigenvalue weighted by Gasteiger charge is -2.25. The Bertz CT molecular complexity index is 451. The first-order valence-corrected chi connectivity index (χ1v) is 7.89. The van der Waals surface area contributed by atoms with Gasteiger partial charge in [-0.25, -0.2) is 0 Å². The van der Waals surface area contributed by atoms with E-state index >= 15 is 0 Å². The summed E-state index contributed by atoms with van der Waals surface area (Å²) in [4.78, 5) is 23.4. The number of hydrogen-bond donors (Lipinski definition) is 1. The van der Waals surface area contributed by atoms with Crippen molar-refractivity contribution in [3.05, 3.63) is 11.6 Å². The third kappa shape index (κ3) is 3.91. The first kappa shape index (κ1) is 16.6. The molecule has 0 aromatic carbocycles. The molecule has 0 aromatic heterocycles. The molecule has 1 N–H and O–H groups in total. The summed E-state index contributed by atoms with van der Waals surface area (Å²) in [7, 11) is 2.26. The molecule has 2 aliphatic rings. The largest absolute Gasteiger partial charge is 0.372 e. The molecule has 0 aliphatic carbocycles. The molecular weight excluding hydrogens is 289 g/mol. The molecule has 118 valence electrons. The summed E-state index contributed by atoms with van der Waals surface area (Å²) < 4.78 is 11.2. The third-order valence-electron chi connectivity index (χ3n) is 4.61. The molecular formula is C15H24NO4P. The number of imide groups is 1. The van der Waals surface area contributed by atoms with E-state index in [0.717, 1.165) is 6.42 Å². The summed E-state index contributed by atoms with van der Waals surface area (Å²) in [6, 6.07) is 0. The average Bonchev–Trinajstić information content (AvgIpc) is 2.72. The lowest BCUT2D eigenvalue weighted by Crippen LogP contribution is -2.31. The van der Waals surface area contributed by atoms with Crippen LogP contribution in [0, 0.1) is 17.8 Å². The quantitative estimate of drug-likeness (QED) is 0.635. The molecule has 2 aliphatic heterocycles. The Morgan fingerprint density at radius 1 is 1.52 bits per heavy atom. The van der Waals surface area contributed by atoms with E-state index in [0.29, 0.717) is 24.5 Å². The van der Waals surface area contributed by atoms with E-state index in [2.05, 4.69) is 28.6 Å². The molecule has 6 atom stereocenters. The van der Waals surface area contributed by atoms with Crippen LogP contribution in [0.15, 0.2) is 11.6 Å². The second kappa shape index (κ2) is 6.99. The van der Waals surface area contributed by atoms with E-state index in [9.17, 15) is 9.59 Å². The van der Waals surface area contributed by atoms with Gasteiger partial charge in [-0.05, 0) is 31.1 Å². The highest BCUT2D eigenvalue weighted by Gasteiger charge is 2.38. The number of rotatable bonds is 4. The molecule has 5 nitrogen and oxygen atoms in total. The van der Waals surface area contributed by atoms with Crippen molar-refractivity contribution in [3.63, 3.8) is 0 Å². The monoisotopic (exact) mass is 313 g/mol. The van der Waals surface area contributed by atoms with Crippen molar-refractivity contribution in [1.82, 2.24) is 5.32 Å².